The van der Waals surface area contributed by atoms with Crippen LogP contribution < -0.4 is 16.0 Å². The summed E-state index contributed by atoms with van der Waals surface area (Å²) in [5, 5.41) is 20.5. The van der Waals surface area contributed by atoms with Crippen molar-refractivity contribution in [2.24, 2.45) is 5.92 Å². The van der Waals surface area contributed by atoms with Crippen molar-refractivity contribution in [2.75, 3.05) is 29.8 Å². The number of carbonyl (C=O) groups is 2. The lowest BCUT2D eigenvalue weighted by molar-refractivity contribution is -0.384. The number of amides is 2. The van der Waals surface area contributed by atoms with E-state index in [0.717, 1.165) is 17.2 Å². The van der Waals surface area contributed by atoms with Gasteiger partial charge in [0.15, 0.2) is 0 Å². The van der Waals surface area contributed by atoms with Crippen LogP contribution in [0.4, 0.5) is 5.69 Å². The summed E-state index contributed by atoms with van der Waals surface area (Å²) in [4.78, 5) is 39.4. The average Bonchev–Trinajstić information content (AvgIpc) is 3.36. The predicted octanol–water partition coefficient (Wildman–Crippen LogP) is 4.29. The van der Waals surface area contributed by atoms with E-state index in [1.807, 2.05) is 6.92 Å². The fourth-order valence-corrected chi connectivity index (χ4v) is 7.12. The smallest absolute Gasteiger partial charge is 0.269 e. The van der Waals surface area contributed by atoms with Crippen LogP contribution in [0.25, 0.3) is 0 Å². The molecule has 1 aliphatic carbocycles. The Hall–Kier alpha value is -1.82. The van der Waals surface area contributed by atoms with Crippen LogP contribution in [0.5, 0.6) is 0 Å². The Morgan fingerprint density at radius 1 is 1.16 bits per heavy atom. The lowest BCUT2D eigenvalue weighted by atomic mass is 9.91. The quantitative estimate of drug-likeness (QED) is 0.254. The molecule has 9 nitrogen and oxygen atoms in total. The van der Waals surface area contributed by atoms with Crippen molar-refractivity contribution in [1.29, 1.82) is 0 Å². The number of non-ortho nitro benzene ring substituents is 1. The summed E-state index contributed by atoms with van der Waals surface area (Å²) in [6.45, 7) is 8.75. The normalized spacial score (nSPS) is 20.6. The third-order valence-corrected chi connectivity index (χ3v) is 9.39. The molecule has 0 radical (unpaired) electrons. The monoisotopic (exact) mass is 565 g/mol. The van der Waals surface area contributed by atoms with Crippen LogP contribution in [-0.2, 0) is 9.59 Å². The maximum Gasteiger partial charge on any atom is 0.269 e. The van der Waals surface area contributed by atoms with Crippen LogP contribution in [0.2, 0.25) is 0 Å². The molecular weight excluding hydrogens is 522 g/mol. The zero-order valence-corrected chi connectivity index (χ0v) is 24.7. The van der Waals surface area contributed by atoms with Gasteiger partial charge in [-0.05, 0) is 57.8 Å². The fourth-order valence-electron chi connectivity index (χ4n) is 4.65. The van der Waals surface area contributed by atoms with Gasteiger partial charge in [0.25, 0.3) is 5.69 Å². The molecule has 1 heterocycles. The Balaban J connectivity index is 1.63. The van der Waals surface area contributed by atoms with Gasteiger partial charge in [0, 0.05) is 35.1 Å². The summed E-state index contributed by atoms with van der Waals surface area (Å²) in [5.74, 6) is 3.31. The maximum absolute atomic E-state index is 13.4. The average molecular weight is 566 g/mol. The highest BCUT2D eigenvalue weighted by Gasteiger charge is 2.34. The number of nitro benzene ring substituents is 1. The fraction of sp³-hybridized carbons (Fsp3) is 0.704. The Morgan fingerprint density at radius 2 is 1.84 bits per heavy atom. The van der Waals surface area contributed by atoms with Crippen molar-refractivity contribution < 1.29 is 14.5 Å². The van der Waals surface area contributed by atoms with Crippen LogP contribution in [0, 0.1) is 16.0 Å². The van der Waals surface area contributed by atoms with Gasteiger partial charge in [0.1, 0.15) is 6.04 Å². The first-order valence-corrected chi connectivity index (χ1v) is 15.8. The van der Waals surface area contributed by atoms with E-state index < -0.39 is 11.0 Å². The highest BCUT2D eigenvalue weighted by molar-refractivity contribution is 7.99. The number of nitrogens with one attached hydrogen (secondary N) is 3. The summed E-state index contributed by atoms with van der Waals surface area (Å²) < 4.78 is 0. The molecular formula is C27H43N5O4S2. The van der Waals surface area contributed by atoms with Gasteiger partial charge in [0.05, 0.1) is 23.7 Å². The van der Waals surface area contributed by atoms with Gasteiger partial charge < -0.3 is 10.6 Å². The van der Waals surface area contributed by atoms with Gasteiger partial charge in [-0.3, -0.25) is 29.9 Å². The SMILES string of the molecule is C[C@@H](NC(=O)[C@H](CSCC1CCCCC1)NC(=O)[C@@H]1CSCN1CNC(C)(C)C)c1ccc([N+](=O)[O-])cc1. The minimum atomic E-state index is -0.653. The molecule has 2 fully saturated rings. The van der Waals surface area contributed by atoms with E-state index in [1.165, 1.54) is 44.2 Å². The maximum atomic E-state index is 13.4. The number of benzene rings is 1. The van der Waals surface area contributed by atoms with Crippen LogP contribution in [0.1, 0.15) is 71.4 Å². The molecule has 0 spiro atoms. The summed E-state index contributed by atoms with van der Waals surface area (Å²) in [6, 6.07) is 4.90. The third-order valence-electron chi connectivity index (χ3n) is 7.05. The summed E-state index contributed by atoms with van der Waals surface area (Å²) >= 11 is 3.47. The molecule has 0 bridgehead atoms. The molecule has 3 N–H and O–H groups in total. The lowest BCUT2D eigenvalue weighted by Crippen LogP contribution is -2.56. The van der Waals surface area contributed by atoms with Crippen LogP contribution in [-0.4, -0.2) is 69.1 Å². The van der Waals surface area contributed by atoms with Crippen molar-refractivity contribution in [1.82, 2.24) is 20.9 Å². The molecule has 212 valence electrons. The molecule has 1 saturated carbocycles. The molecule has 1 aromatic carbocycles. The molecule has 0 aromatic heterocycles. The first-order chi connectivity index (χ1) is 18.0. The Morgan fingerprint density at radius 3 is 2.47 bits per heavy atom. The first-order valence-electron chi connectivity index (χ1n) is 13.5. The Labute approximate surface area is 235 Å². The van der Waals surface area contributed by atoms with Gasteiger partial charge >= 0.3 is 0 Å². The molecule has 3 rings (SSSR count). The predicted molar refractivity (Wildman–Crippen MR) is 156 cm³/mol. The molecule has 11 heteroatoms. The molecule has 3 atom stereocenters. The summed E-state index contributed by atoms with van der Waals surface area (Å²) in [5.41, 5.74) is 0.729. The number of rotatable bonds is 12. The van der Waals surface area contributed by atoms with Crippen molar-refractivity contribution in [2.45, 2.75) is 83.5 Å². The number of hydrogen-bond acceptors (Lipinski definition) is 8. The van der Waals surface area contributed by atoms with E-state index >= 15 is 0 Å². The summed E-state index contributed by atoms with van der Waals surface area (Å²) in [7, 11) is 0. The zero-order valence-electron chi connectivity index (χ0n) is 23.0. The minimum absolute atomic E-state index is 0.0106. The number of hydrogen-bond donors (Lipinski definition) is 3. The highest BCUT2D eigenvalue weighted by atomic mass is 32.2. The standard InChI is InChI=1S/C27H43N5O4S2/c1-19(21-10-12-22(13-11-21)32(35)36)29-25(33)23(15-37-14-20-8-6-5-7-9-20)30-26(34)24-16-38-18-31(24)17-28-27(2,3)4/h10-13,19-20,23-24,28H,5-9,14-18H2,1-4H3,(H,29,33)(H,30,34)/t19-,23+,24+/m1/s1. The van der Waals surface area contributed by atoms with Gasteiger partial charge in [-0.15, -0.1) is 11.8 Å². The van der Waals surface area contributed by atoms with Crippen LogP contribution >= 0.6 is 23.5 Å². The Bertz CT molecular complexity index is 934. The van der Waals surface area contributed by atoms with Crippen molar-refractivity contribution >= 4 is 41.0 Å². The second kappa shape index (κ2) is 14.5. The van der Waals surface area contributed by atoms with Crippen molar-refractivity contribution in [3.63, 3.8) is 0 Å². The van der Waals surface area contributed by atoms with Crippen LogP contribution in [0.15, 0.2) is 24.3 Å². The topological polar surface area (TPSA) is 117 Å². The highest BCUT2D eigenvalue weighted by Crippen LogP contribution is 2.27. The van der Waals surface area contributed by atoms with Crippen molar-refractivity contribution in [3.05, 3.63) is 39.9 Å². The molecule has 38 heavy (non-hydrogen) atoms. The minimum Gasteiger partial charge on any atom is -0.348 e. The molecule has 2 amide bonds. The molecule has 1 aliphatic heterocycles. The number of carbonyl (C=O) groups excluding carboxylic acids is 2. The van der Waals surface area contributed by atoms with E-state index in [2.05, 4.69) is 41.6 Å². The first kappa shape index (κ1) is 30.7. The molecule has 2 aliphatic rings. The van der Waals surface area contributed by atoms with Gasteiger partial charge in [-0.25, -0.2) is 0 Å². The van der Waals surface area contributed by atoms with Crippen LogP contribution in [0.3, 0.4) is 0 Å². The van der Waals surface area contributed by atoms with E-state index in [4.69, 9.17) is 0 Å². The molecule has 1 aromatic rings. The van der Waals surface area contributed by atoms with Gasteiger partial charge in [-0.1, -0.05) is 31.4 Å². The molecule has 1 saturated heterocycles. The van der Waals surface area contributed by atoms with E-state index in [1.54, 1.807) is 35.7 Å². The van der Waals surface area contributed by atoms with Gasteiger partial charge in [-0.2, -0.15) is 11.8 Å². The largest absolute Gasteiger partial charge is 0.348 e. The van der Waals surface area contributed by atoms with E-state index in [-0.39, 0.29) is 35.1 Å². The number of nitrogens with zero attached hydrogens (tertiary/aromatic N) is 2. The third kappa shape index (κ3) is 9.73. The molecule has 0 unspecified atom stereocenters. The lowest BCUT2D eigenvalue weighted by Gasteiger charge is -2.29. The van der Waals surface area contributed by atoms with Crippen molar-refractivity contribution in [3.8, 4) is 0 Å². The van der Waals surface area contributed by atoms with E-state index in [9.17, 15) is 19.7 Å². The second-order valence-electron chi connectivity index (χ2n) is 11.4. The Kier molecular flexibility index (Phi) is 11.7. The number of thioether (sulfide) groups is 2. The summed E-state index contributed by atoms with van der Waals surface area (Å²) in [6.07, 6.45) is 6.33. The van der Waals surface area contributed by atoms with Gasteiger partial charge in [0.2, 0.25) is 11.8 Å². The number of nitro groups is 1. The zero-order chi connectivity index (χ0) is 27.7. The second-order valence-corrected chi connectivity index (χ2v) is 13.4. The van der Waals surface area contributed by atoms with E-state index in [0.29, 0.717) is 24.1 Å².